The molecule has 1 atom stereocenters. The molecule has 0 spiro atoms. The smallest absolute Gasteiger partial charge is 0.338 e. The molecule has 2 aliphatic heterocycles. The van der Waals surface area contributed by atoms with Gasteiger partial charge in [-0.05, 0) is 51.5 Å². The number of nitrogens with zero attached hydrogens (tertiary/aromatic N) is 4. The van der Waals surface area contributed by atoms with Crippen LogP contribution in [0, 0.1) is 0 Å². The number of pyridine rings is 1. The lowest BCUT2D eigenvalue weighted by atomic mass is 9.92. The Kier molecular flexibility index (Phi) is 6.45. The van der Waals surface area contributed by atoms with E-state index in [1.807, 2.05) is 25.3 Å². The van der Waals surface area contributed by atoms with Crippen LogP contribution < -0.4 is 0 Å². The molecule has 3 aromatic rings. The summed E-state index contributed by atoms with van der Waals surface area (Å²) >= 11 is 0. The topological polar surface area (TPSA) is 124 Å². The zero-order valence-electron chi connectivity index (χ0n) is 21.1. The second kappa shape index (κ2) is 9.59. The Morgan fingerprint density at radius 1 is 1.14 bits per heavy atom. The third-order valence-electron chi connectivity index (χ3n) is 6.56. The second-order valence-electron chi connectivity index (χ2n) is 10.5. The molecule has 10 nitrogen and oxygen atoms in total. The van der Waals surface area contributed by atoms with Crippen molar-refractivity contribution in [2.45, 2.75) is 70.7 Å². The monoisotopic (exact) mass is 506 g/mol. The summed E-state index contributed by atoms with van der Waals surface area (Å²) in [5.74, 6) is -1.06. The number of aromatic nitrogens is 3. The van der Waals surface area contributed by atoms with Crippen LogP contribution in [-0.2, 0) is 32.2 Å². The number of rotatable bonds is 6. The fourth-order valence-electron chi connectivity index (χ4n) is 4.64. The van der Waals surface area contributed by atoms with Crippen LogP contribution >= 0.6 is 0 Å². The summed E-state index contributed by atoms with van der Waals surface area (Å²) in [6.45, 7) is 6.63. The number of likely N-dealkylation sites (tertiary alicyclic amines) is 1. The molecule has 2 aliphatic rings. The van der Waals surface area contributed by atoms with E-state index in [1.54, 1.807) is 30.3 Å². The average Bonchev–Trinajstić information content (AvgIpc) is 3.13. The molecule has 0 radical (unpaired) electrons. The standard InChI is InChI=1S/C27H30N4O6/c1-27(2,3)37-26(35)16-7-8-20-21(11-16)30(14-18-9-10-36-18)22(28-20)15-31-24(33)12-17(13-25(31)34)19-5-4-6-23(32)29-19/h4-8,11,17-18H,9-10,12-15H2,1-3H3,(H,29,32)/t18-/m0/s1. The normalized spacial score (nSPS) is 18.8. The number of piperidine rings is 1. The van der Waals surface area contributed by atoms with Gasteiger partial charge in [0.1, 0.15) is 11.4 Å². The molecule has 0 unspecified atom stereocenters. The third-order valence-corrected chi connectivity index (χ3v) is 6.56. The number of hydrogen-bond donors (Lipinski definition) is 1. The van der Waals surface area contributed by atoms with Crippen molar-refractivity contribution in [3.05, 3.63) is 53.5 Å². The number of hydrogen-bond acceptors (Lipinski definition) is 8. The second-order valence-corrected chi connectivity index (χ2v) is 10.5. The Morgan fingerprint density at radius 3 is 2.49 bits per heavy atom. The molecule has 0 aliphatic carbocycles. The number of esters is 1. The van der Waals surface area contributed by atoms with Crippen LogP contribution in [0.15, 0.2) is 36.4 Å². The highest BCUT2D eigenvalue weighted by Gasteiger charge is 2.35. The number of carbonyl (C=O) groups is 3. The first-order valence-electron chi connectivity index (χ1n) is 12.4. The Labute approximate surface area is 214 Å². The predicted molar refractivity (Wildman–Crippen MR) is 133 cm³/mol. The largest absolute Gasteiger partial charge is 0.493 e. The van der Waals surface area contributed by atoms with Crippen molar-refractivity contribution in [2.75, 3.05) is 6.61 Å². The number of fused-ring (bicyclic) bond motifs is 1. The molecular weight excluding hydrogens is 476 g/mol. The van der Waals surface area contributed by atoms with Crippen LogP contribution in [0.4, 0.5) is 0 Å². The van der Waals surface area contributed by atoms with Crippen LogP contribution in [0.25, 0.3) is 11.0 Å². The summed E-state index contributed by atoms with van der Waals surface area (Å²) in [4.78, 5) is 48.8. The average molecular weight is 507 g/mol. The first-order valence-corrected chi connectivity index (χ1v) is 12.4. The maximum absolute atomic E-state index is 13.1. The Bertz CT molecular complexity index is 1350. The molecule has 0 bridgehead atoms. The summed E-state index contributed by atoms with van der Waals surface area (Å²) in [6.07, 6.45) is 1.11. The van der Waals surface area contributed by atoms with E-state index in [4.69, 9.17) is 14.5 Å². The molecule has 1 N–H and O–H groups in total. The lowest BCUT2D eigenvalue weighted by Crippen LogP contribution is -2.43. The van der Waals surface area contributed by atoms with Gasteiger partial charge < -0.3 is 19.1 Å². The number of imidazole rings is 1. The molecule has 1 aromatic carbocycles. The number of imide groups is 1. The molecule has 2 saturated heterocycles. The fraction of sp³-hybridized carbons (Fsp3) is 0.444. The first kappa shape index (κ1) is 24.9. The highest BCUT2D eigenvalue weighted by molar-refractivity contribution is 5.98. The van der Waals surface area contributed by atoms with E-state index in [1.165, 1.54) is 11.0 Å². The molecule has 4 heterocycles. The number of amides is 2. The van der Waals surface area contributed by atoms with Crippen molar-refractivity contribution in [1.29, 1.82) is 0 Å². The number of aromatic hydroxyl groups is 1. The van der Waals surface area contributed by atoms with Crippen molar-refractivity contribution >= 4 is 28.8 Å². The Hall–Kier alpha value is -3.79. The lowest BCUT2D eigenvalue weighted by Gasteiger charge is -2.31. The highest BCUT2D eigenvalue weighted by Crippen LogP contribution is 2.31. The van der Waals surface area contributed by atoms with Crippen LogP contribution in [0.2, 0.25) is 0 Å². The number of ether oxygens (including phenoxy) is 2. The molecule has 2 fully saturated rings. The molecular formula is C27H30N4O6. The molecule has 0 saturated carbocycles. The van der Waals surface area contributed by atoms with E-state index in [0.29, 0.717) is 41.3 Å². The van der Waals surface area contributed by atoms with Crippen molar-refractivity contribution in [2.24, 2.45) is 0 Å². The van der Waals surface area contributed by atoms with Gasteiger partial charge in [0.25, 0.3) is 0 Å². The van der Waals surface area contributed by atoms with Gasteiger partial charge in [-0.3, -0.25) is 14.5 Å². The van der Waals surface area contributed by atoms with E-state index >= 15 is 0 Å². The van der Waals surface area contributed by atoms with Crippen molar-refractivity contribution in [3.8, 4) is 5.88 Å². The maximum atomic E-state index is 13.1. The van der Waals surface area contributed by atoms with Gasteiger partial charge in [0.05, 0.1) is 35.8 Å². The predicted octanol–water partition coefficient (Wildman–Crippen LogP) is 3.31. The van der Waals surface area contributed by atoms with E-state index < -0.39 is 11.6 Å². The van der Waals surface area contributed by atoms with Crippen molar-refractivity contribution in [3.63, 3.8) is 0 Å². The summed E-state index contributed by atoms with van der Waals surface area (Å²) < 4.78 is 13.1. The van der Waals surface area contributed by atoms with Gasteiger partial charge in [-0.1, -0.05) is 6.07 Å². The van der Waals surface area contributed by atoms with Gasteiger partial charge in [0.15, 0.2) is 0 Å². The first-order chi connectivity index (χ1) is 17.6. The van der Waals surface area contributed by atoms with Crippen molar-refractivity contribution < 1.29 is 29.0 Å². The molecule has 2 amide bonds. The van der Waals surface area contributed by atoms with Gasteiger partial charge >= 0.3 is 5.97 Å². The van der Waals surface area contributed by atoms with Gasteiger partial charge in [0.2, 0.25) is 17.7 Å². The highest BCUT2D eigenvalue weighted by atomic mass is 16.6. The van der Waals surface area contributed by atoms with Gasteiger partial charge in [-0.2, -0.15) is 0 Å². The summed E-state index contributed by atoms with van der Waals surface area (Å²) in [6, 6.07) is 9.96. The van der Waals surface area contributed by atoms with E-state index in [9.17, 15) is 19.5 Å². The summed E-state index contributed by atoms with van der Waals surface area (Å²) in [7, 11) is 0. The minimum atomic E-state index is -0.627. The quantitative estimate of drug-likeness (QED) is 0.399. The zero-order chi connectivity index (χ0) is 26.3. The molecule has 2 aromatic heterocycles. The van der Waals surface area contributed by atoms with Gasteiger partial charge in [0, 0.05) is 37.1 Å². The third kappa shape index (κ3) is 5.34. The van der Waals surface area contributed by atoms with Crippen LogP contribution in [0.3, 0.4) is 0 Å². The van der Waals surface area contributed by atoms with E-state index in [0.717, 1.165) is 6.42 Å². The number of benzene rings is 1. The molecule has 10 heteroatoms. The van der Waals surface area contributed by atoms with Crippen molar-refractivity contribution in [1.82, 2.24) is 19.4 Å². The van der Waals surface area contributed by atoms with E-state index in [2.05, 4.69) is 4.98 Å². The maximum Gasteiger partial charge on any atom is 0.338 e. The molecule has 37 heavy (non-hydrogen) atoms. The zero-order valence-corrected chi connectivity index (χ0v) is 21.1. The van der Waals surface area contributed by atoms with Crippen LogP contribution in [0.1, 0.15) is 67.8 Å². The Balaban J connectivity index is 1.42. The van der Waals surface area contributed by atoms with Gasteiger partial charge in [-0.15, -0.1) is 0 Å². The van der Waals surface area contributed by atoms with Gasteiger partial charge in [-0.25, -0.2) is 14.8 Å². The minimum absolute atomic E-state index is 0.00435. The SMILES string of the molecule is CC(C)(C)OC(=O)c1ccc2nc(CN3C(=O)CC(c4cccc(O)n4)CC3=O)n(C[C@@H]3CCO3)c2c1. The van der Waals surface area contributed by atoms with Crippen LogP contribution in [-0.4, -0.2) is 60.6 Å². The fourth-order valence-corrected chi connectivity index (χ4v) is 4.64. The lowest BCUT2D eigenvalue weighted by molar-refractivity contribution is -0.149. The molecule has 194 valence electrons. The number of carbonyl (C=O) groups excluding carboxylic acids is 3. The minimum Gasteiger partial charge on any atom is -0.493 e. The summed E-state index contributed by atoms with van der Waals surface area (Å²) in [5.41, 5.74) is 1.66. The summed E-state index contributed by atoms with van der Waals surface area (Å²) in [5, 5.41) is 9.69. The Morgan fingerprint density at radius 2 is 1.86 bits per heavy atom. The van der Waals surface area contributed by atoms with E-state index in [-0.39, 0.29) is 49.1 Å². The molecule has 5 rings (SSSR count). The van der Waals surface area contributed by atoms with Crippen LogP contribution in [0.5, 0.6) is 5.88 Å².